The second-order valence-corrected chi connectivity index (χ2v) is 7.69. The molecule has 0 unspecified atom stereocenters. The number of halogens is 4. The van der Waals surface area contributed by atoms with E-state index < -0.39 is 11.7 Å². The third-order valence-corrected chi connectivity index (χ3v) is 5.73. The second-order valence-electron chi connectivity index (χ2n) is 7.28. The van der Waals surface area contributed by atoms with Gasteiger partial charge in [-0.25, -0.2) is 0 Å². The highest BCUT2D eigenvalue weighted by molar-refractivity contribution is 6.36. The Kier molecular flexibility index (Phi) is 5.81. The number of hydrogen-bond donors (Lipinski definition) is 2. The van der Waals surface area contributed by atoms with Crippen LogP contribution in [0.3, 0.4) is 0 Å². The zero-order valence-electron chi connectivity index (χ0n) is 16.8. The van der Waals surface area contributed by atoms with Crippen molar-refractivity contribution in [2.45, 2.75) is 25.4 Å². The molecule has 4 rings (SSSR count). The minimum absolute atomic E-state index is 0.00870. The zero-order valence-corrected chi connectivity index (χ0v) is 17.6. The maximum atomic E-state index is 13.7. The number of alkyl halides is 3. The molecule has 0 aliphatic heterocycles. The van der Waals surface area contributed by atoms with E-state index in [9.17, 15) is 13.2 Å². The number of H-pyrrole nitrogens is 1. The highest BCUT2D eigenvalue weighted by Crippen LogP contribution is 2.44. The molecule has 0 fully saturated rings. The van der Waals surface area contributed by atoms with E-state index in [0.29, 0.717) is 35.3 Å². The summed E-state index contributed by atoms with van der Waals surface area (Å²) in [5.41, 5.74) is 7.62. The van der Waals surface area contributed by atoms with E-state index in [1.165, 1.54) is 6.07 Å². The van der Waals surface area contributed by atoms with Crippen LogP contribution in [0.5, 0.6) is 5.75 Å². The number of nitrogens with zero attached hydrogens (tertiary/aromatic N) is 1. The number of nitrogens with two attached hydrogens (primary N) is 1. The van der Waals surface area contributed by atoms with Gasteiger partial charge in [0.25, 0.3) is 0 Å². The third kappa shape index (κ3) is 3.83. The monoisotopic (exact) mass is 447 g/mol. The number of rotatable bonds is 6. The highest BCUT2D eigenvalue weighted by Gasteiger charge is 2.35. The maximum absolute atomic E-state index is 13.7. The maximum Gasteiger partial charge on any atom is 0.418 e. The lowest BCUT2D eigenvalue weighted by Crippen LogP contribution is -2.05. The summed E-state index contributed by atoms with van der Waals surface area (Å²) in [7, 11) is 1.56. The van der Waals surface area contributed by atoms with E-state index in [4.69, 9.17) is 22.1 Å². The molecule has 0 saturated carbocycles. The van der Waals surface area contributed by atoms with Crippen LogP contribution in [0.4, 0.5) is 13.2 Å². The number of aryl methyl sites for hydroxylation is 1. The summed E-state index contributed by atoms with van der Waals surface area (Å²) >= 11 is 6.42. The van der Waals surface area contributed by atoms with Crippen molar-refractivity contribution in [3.8, 4) is 17.0 Å². The number of fused-ring (bicyclic) bond motifs is 2. The van der Waals surface area contributed by atoms with Gasteiger partial charge in [-0.3, -0.25) is 4.98 Å². The molecule has 4 nitrogen and oxygen atoms in total. The fraction of sp³-hybridized carbons (Fsp3) is 0.261. The fourth-order valence-electron chi connectivity index (χ4n) is 4.02. The molecular formula is C23H21ClF3N3O. The zero-order chi connectivity index (χ0) is 22.2. The number of pyridine rings is 1. The van der Waals surface area contributed by atoms with Gasteiger partial charge in [-0.1, -0.05) is 17.7 Å². The lowest BCUT2D eigenvalue weighted by molar-refractivity contribution is -0.136. The van der Waals surface area contributed by atoms with Gasteiger partial charge in [0.2, 0.25) is 0 Å². The molecule has 162 valence electrons. The molecule has 0 radical (unpaired) electrons. The van der Waals surface area contributed by atoms with Crippen LogP contribution >= 0.6 is 11.6 Å². The number of nitrogens with one attached hydrogen (secondary N) is 1. The van der Waals surface area contributed by atoms with Gasteiger partial charge >= 0.3 is 6.18 Å². The van der Waals surface area contributed by atoms with Crippen LogP contribution in [0, 0.1) is 0 Å². The summed E-state index contributed by atoms with van der Waals surface area (Å²) in [5.74, 6) is 0.592. The number of aromatic nitrogens is 2. The molecule has 0 saturated heterocycles. The Bertz CT molecular complexity index is 1250. The molecule has 0 aliphatic rings. The Morgan fingerprint density at radius 1 is 1.13 bits per heavy atom. The number of methoxy groups -OCH3 is 1. The van der Waals surface area contributed by atoms with Crippen LogP contribution in [0.1, 0.15) is 24.0 Å². The van der Waals surface area contributed by atoms with Gasteiger partial charge in [0.1, 0.15) is 11.3 Å². The van der Waals surface area contributed by atoms with Gasteiger partial charge in [-0.2, -0.15) is 13.2 Å². The van der Waals surface area contributed by atoms with Crippen molar-refractivity contribution >= 4 is 33.4 Å². The molecule has 0 spiro atoms. The molecule has 0 amide bonds. The summed E-state index contributed by atoms with van der Waals surface area (Å²) in [6, 6.07) is 9.60. The summed E-state index contributed by atoms with van der Waals surface area (Å²) in [6.07, 6.45) is -0.825. The average molecular weight is 448 g/mol. The van der Waals surface area contributed by atoms with Crippen molar-refractivity contribution in [3.05, 3.63) is 58.7 Å². The first-order chi connectivity index (χ1) is 14.9. The van der Waals surface area contributed by atoms with Crippen LogP contribution in [-0.2, 0) is 12.6 Å². The highest BCUT2D eigenvalue weighted by atomic mass is 35.5. The predicted molar refractivity (Wildman–Crippen MR) is 118 cm³/mol. The third-order valence-electron chi connectivity index (χ3n) is 5.42. The summed E-state index contributed by atoms with van der Waals surface area (Å²) < 4.78 is 46.6. The van der Waals surface area contributed by atoms with E-state index in [1.807, 2.05) is 12.1 Å². The molecule has 0 atom stereocenters. The van der Waals surface area contributed by atoms with Gasteiger partial charge in [0.15, 0.2) is 0 Å². The van der Waals surface area contributed by atoms with E-state index in [0.717, 1.165) is 35.4 Å². The van der Waals surface area contributed by atoms with Crippen LogP contribution in [-0.4, -0.2) is 23.6 Å². The van der Waals surface area contributed by atoms with Crippen LogP contribution in [0.15, 0.2) is 42.6 Å². The second kappa shape index (κ2) is 8.40. The standard InChI is InChI=1S/C23H21ClF3N3O/c1-31-18-10-7-14(13-6-4-12-29-21(13)18)20-15(5-2-3-11-28)19-17(24)9-8-16(22(19)30-20)23(25,26)27/h4,6-10,12,30H,2-3,5,11,28H2,1H3. The first-order valence-electron chi connectivity index (χ1n) is 9.89. The van der Waals surface area contributed by atoms with Gasteiger partial charge in [-0.15, -0.1) is 0 Å². The minimum atomic E-state index is -4.51. The molecule has 2 heterocycles. The van der Waals surface area contributed by atoms with Crippen molar-refractivity contribution in [1.29, 1.82) is 0 Å². The van der Waals surface area contributed by atoms with Crippen LogP contribution in [0.2, 0.25) is 5.02 Å². The van der Waals surface area contributed by atoms with Crippen molar-refractivity contribution in [2.24, 2.45) is 5.73 Å². The van der Waals surface area contributed by atoms with E-state index in [2.05, 4.69) is 9.97 Å². The molecule has 4 aromatic rings. The Morgan fingerprint density at radius 3 is 2.65 bits per heavy atom. The van der Waals surface area contributed by atoms with Crippen molar-refractivity contribution in [1.82, 2.24) is 9.97 Å². The number of hydrogen-bond acceptors (Lipinski definition) is 3. The molecule has 8 heteroatoms. The first kappa shape index (κ1) is 21.5. The number of aromatic amines is 1. The molecule has 31 heavy (non-hydrogen) atoms. The van der Waals surface area contributed by atoms with Gasteiger partial charge in [0, 0.05) is 22.5 Å². The molecular weight excluding hydrogens is 427 g/mol. The average Bonchev–Trinajstić information content (AvgIpc) is 3.12. The molecule has 3 N–H and O–H groups in total. The quantitative estimate of drug-likeness (QED) is 0.339. The molecule has 2 aromatic carbocycles. The summed E-state index contributed by atoms with van der Waals surface area (Å²) in [4.78, 5) is 7.46. The Labute approximate surface area is 182 Å². The van der Waals surface area contributed by atoms with Crippen LogP contribution < -0.4 is 10.5 Å². The van der Waals surface area contributed by atoms with Crippen LogP contribution in [0.25, 0.3) is 33.1 Å². The van der Waals surface area contributed by atoms with Crippen molar-refractivity contribution < 1.29 is 17.9 Å². The SMILES string of the molecule is COc1ccc(-c2[nH]c3c(C(F)(F)F)ccc(Cl)c3c2CCCCN)c2cccnc12. The number of ether oxygens (including phenoxy) is 1. The largest absolute Gasteiger partial charge is 0.494 e. The fourth-order valence-corrected chi connectivity index (χ4v) is 4.29. The van der Waals surface area contributed by atoms with Crippen molar-refractivity contribution in [3.63, 3.8) is 0 Å². The van der Waals surface area contributed by atoms with E-state index in [-0.39, 0.29) is 10.5 Å². The van der Waals surface area contributed by atoms with Gasteiger partial charge in [-0.05, 0) is 61.7 Å². The molecule has 0 bridgehead atoms. The van der Waals surface area contributed by atoms with Crippen molar-refractivity contribution in [2.75, 3.05) is 13.7 Å². The van der Waals surface area contributed by atoms with Gasteiger partial charge < -0.3 is 15.5 Å². The normalized spacial score (nSPS) is 12.1. The minimum Gasteiger partial charge on any atom is -0.494 e. The Balaban J connectivity index is 2.05. The number of benzene rings is 2. The lowest BCUT2D eigenvalue weighted by atomic mass is 9.97. The lowest BCUT2D eigenvalue weighted by Gasteiger charge is -2.11. The predicted octanol–water partition coefficient (Wildman–Crippen LogP) is 6.35. The smallest absolute Gasteiger partial charge is 0.418 e. The van der Waals surface area contributed by atoms with Gasteiger partial charge in [0.05, 0.1) is 28.9 Å². The molecule has 0 aliphatic carbocycles. The summed E-state index contributed by atoms with van der Waals surface area (Å²) in [6.45, 7) is 0.509. The van der Waals surface area contributed by atoms with E-state index >= 15 is 0 Å². The number of unbranched alkanes of at least 4 members (excludes halogenated alkanes) is 1. The molecule has 2 aromatic heterocycles. The Hall–Kier alpha value is -2.77. The summed E-state index contributed by atoms with van der Waals surface area (Å²) in [5, 5.41) is 1.46. The first-order valence-corrected chi connectivity index (χ1v) is 10.3. The Morgan fingerprint density at radius 2 is 1.94 bits per heavy atom. The van der Waals surface area contributed by atoms with E-state index in [1.54, 1.807) is 25.4 Å². The topological polar surface area (TPSA) is 63.9 Å².